The van der Waals surface area contributed by atoms with Crippen LogP contribution in [0.4, 0.5) is 5.82 Å². The number of anilines is 1. The summed E-state index contributed by atoms with van der Waals surface area (Å²) in [6, 6.07) is 10.3. The lowest BCUT2D eigenvalue weighted by atomic mass is 10.0. The van der Waals surface area contributed by atoms with Crippen LogP contribution in [0.15, 0.2) is 53.5 Å². The summed E-state index contributed by atoms with van der Waals surface area (Å²) in [5.74, 6) is -2.04. The summed E-state index contributed by atoms with van der Waals surface area (Å²) in [6.45, 7) is 3.56. The Bertz CT molecular complexity index is 1280. The fourth-order valence-electron chi connectivity index (χ4n) is 3.46. The molecule has 1 aromatic heterocycles. The van der Waals surface area contributed by atoms with E-state index in [-0.39, 0.29) is 23.4 Å². The topological polar surface area (TPSA) is 150 Å². The number of H-pyrrole nitrogens is 1. The van der Waals surface area contributed by atoms with Gasteiger partial charge in [0.15, 0.2) is 0 Å². The van der Waals surface area contributed by atoms with E-state index in [0.29, 0.717) is 11.3 Å². The minimum absolute atomic E-state index is 0.0849. The van der Waals surface area contributed by atoms with E-state index in [1.807, 2.05) is 6.07 Å². The molecule has 0 aliphatic carbocycles. The average Bonchev–Trinajstić information content (AvgIpc) is 2.79. The highest BCUT2D eigenvalue weighted by atomic mass is 16.5. The lowest BCUT2D eigenvalue weighted by Crippen LogP contribution is -2.42. The van der Waals surface area contributed by atoms with Crippen LogP contribution in [-0.2, 0) is 11.2 Å². The molecule has 2 amide bonds. The Morgan fingerprint density at radius 3 is 2.41 bits per heavy atom. The van der Waals surface area contributed by atoms with E-state index in [1.165, 1.54) is 25.4 Å². The lowest BCUT2D eigenvalue weighted by Gasteiger charge is -2.17. The number of aromatic amines is 1. The Labute approximate surface area is 195 Å². The molecule has 0 aliphatic heterocycles. The first-order valence-corrected chi connectivity index (χ1v) is 10.3. The first-order valence-electron chi connectivity index (χ1n) is 10.3. The molecule has 4 N–H and O–H groups in total. The van der Waals surface area contributed by atoms with Crippen LogP contribution in [0, 0.1) is 13.8 Å². The van der Waals surface area contributed by atoms with E-state index >= 15 is 0 Å². The highest BCUT2D eigenvalue weighted by Crippen LogP contribution is 2.18. The molecule has 0 saturated heterocycles. The highest BCUT2D eigenvalue weighted by molar-refractivity contribution is 6.06. The standard InChI is InChI=1S/C24H24N4O6/c1-13-6-4-7-14(2)19(13)22(30)27-20-16(12-25-24(33)28-20)11-18(23(31)32)26-21(29)15-8-5-9-17(10-15)34-3/h4-10,12,18H,11H2,1-3H3,(H,26,29)(H,31,32)(H2,25,27,28,30,33). The molecule has 10 heteroatoms. The summed E-state index contributed by atoms with van der Waals surface area (Å²) >= 11 is 0. The smallest absolute Gasteiger partial charge is 0.346 e. The number of amides is 2. The molecular formula is C24H24N4O6. The van der Waals surface area contributed by atoms with Crippen molar-refractivity contribution in [3.8, 4) is 5.75 Å². The molecule has 10 nitrogen and oxygen atoms in total. The zero-order chi connectivity index (χ0) is 24.8. The molecule has 0 bridgehead atoms. The van der Waals surface area contributed by atoms with Crippen molar-refractivity contribution in [3.05, 3.63) is 87.0 Å². The minimum Gasteiger partial charge on any atom is -0.497 e. The quantitative estimate of drug-likeness (QED) is 0.398. The Hall–Kier alpha value is -4.47. The second kappa shape index (κ2) is 10.4. The van der Waals surface area contributed by atoms with Crippen LogP contribution in [0.25, 0.3) is 0 Å². The van der Waals surface area contributed by atoms with Crippen molar-refractivity contribution in [2.75, 3.05) is 12.4 Å². The number of nitrogens with one attached hydrogen (secondary N) is 3. The largest absolute Gasteiger partial charge is 0.497 e. The number of nitrogens with zero attached hydrogens (tertiary/aromatic N) is 1. The molecule has 1 heterocycles. The number of methoxy groups -OCH3 is 1. The number of carboxylic acids is 1. The number of hydrogen-bond donors (Lipinski definition) is 4. The van der Waals surface area contributed by atoms with Gasteiger partial charge in [0.1, 0.15) is 17.6 Å². The Morgan fingerprint density at radius 2 is 1.76 bits per heavy atom. The van der Waals surface area contributed by atoms with Gasteiger partial charge < -0.3 is 25.5 Å². The van der Waals surface area contributed by atoms with E-state index in [0.717, 1.165) is 11.1 Å². The van der Waals surface area contributed by atoms with Gasteiger partial charge >= 0.3 is 11.7 Å². The lowest BCUT2D eigenvalue weighted by molar-refractivity contribution is -0.139. The van der Waals surface area contributed by atoms with Crippen molar-refractivity contribution in [3.63, 3.8) is 0 Å². The molecule has 2 aromatic carbocycles. The first kappa shape index (κ1) is 24.2. The SMILES string of the molecule is COc1cccc(C(=O)NC(Cc2c[nH]c(=O)nc2NC(=O)c2c(C)cccc2C)C(=O)O)c1. The molecule has 0 aliphatic rings. The number of carboxylic acid groups (broad SMARTS) is 1. The molecule has 1 atom stereocenters. The van der Waals surface area contributed by atoms with Gasteiger partial charge in [-0.1, -0.05) is 24.3 Å². The number of aromatic nitrogens is 2. The summed E-state index contributed by atoms with van der Waals surface area (Å²) in [7, 11) is 1.45. The van der Waals surface area contributed by atoms with Crippen molar-refractivity contribution >= 4 is 23.6 Å². The van der Waals surface area contributed by atoms with Crippen molar-refractivity contribution in [2.24, 2.45) is 0 Å². The number of ether oxygens (including phenoxy) is 1. The average molecular weight is 464 g/mol. The van der Waals surface area contributed by atoms with Crippen LogP contribution >= 0.6 is 0 Å². The maximum Gasteiger partial charge on any atom is 0.346 e. The Balaban J connectivity index is 1.85. The highest BCUT2D eigenvalue weighted by Gasteiger charge is 2.24. The number of carbonyl (C=O) groups excluding carboxylic acids is 2. The van der Waals surface area contributed by atoms with Gasteiger partial charge in [0.25, 0.3) is 11.8 Å². The summed E-state index contributed by atoms with van der Waals surface area (Å²) in [5.41, 5.74) is 1.63. The van der Waals surface area contributed by atoms with Crippen LogP contribution in [0.2, 0.25) is 0 Å². The first-order chi connectivity index (χ1) is 16.2. The fourth-order valence-corrected chi connectivity index (χ4v) is 3.46. The molecule has 3 aromatic rings. The Morgan fingerprint density at radius 1 is 1.09 bits per heavy atom. The van der Waals surface area contributed by atoms with Crippen LogP contribution in [-0.4, -0.2) is 46.0 Å². The molecule has 0 spiro atoms. The third-order valence-electron chi connectivity index (χ3n) is 5.19. The normalized spacial score (nSPS) is 11.4. The molecular weight excluding hydrogens is 440 g/mol. The van der Waals surface area contributed by atoms with Gasteiger partial charge in [-0.3, -0.25) is 9.59 Å². The van der Waals surface area contributed by atoms with E-state index in [2.05, 4.69) is 20.6 Å². The zero-order valence-electron chi connectivity index (χ0n) is 18.8. The van der Waals surface area contributed by atoms with Gasteiger partial charge in [-0.15, -0.1) is 0 Å². The molecule has 0 saturated carbocycles. The number of aryl methyl sites for hydroxylation is 2. The third kappa shape index (κ3) is 5.66. The van der Waals surface area contributed by atoms with Crippen LogP contribution < -0.4 is 21.1 Å². The third-order valence-corrected chi connectivity index (χ3v) is 5.19. The van der Waals surface area contributed by atoms with Crippen molar-refractivity contribution in [1.82, 2.24) is 15.3 Å². The monoisotopic (exact) mass is 464 g/mol. The van der Waals surface area contributed by atoms with Crippen LogP contribution in [0.1, 0.15) is 37.4 Å². The van der Waals surface area contributed by atoms with Crippen molar-refractivity contribution < 1.29 is 24.2 Å². The van der Waals surface area contributed by atoms with Gasteiger partial charge in [-0.25, -0.2) is 9.59 Å². The maximum atomic E-state index is 12.9. The van der Waals surface area contributed by atoms with Gasteiger partial charge in [-0.2, -0.15) is 4.98 Å². The van der Waals surface area contributed by atoms with Gasteiger partial charge in [0.05, 0.1) is 7.11 Å². The van der Waals surface area contributed by atoms with E-state index in [1.54, 1.807) is 38.1 Å². The van der Waals surface area contributed by atoms with Gasteiger partial charge in [-0.05, 0) is 43.2 Å². The predicted octanol–water partition coefficient (Wildman–Crippen LogP) is 2.07. The van der Waals surface area contributed by atoms with Gasteiger partial charge in [0.2, 0.25) is 0 Å². The Kier molecular flexibility index (Phi) is 7.42. The fraction of sp³-hybridized carbons (Fsp3) is 0.208. The van der Waals surface area contributed by atoms with Crippen molar-refractivity contribution in [2.45, 2.75) is 26.3 Å². The number of carbonyl (C=O) groups is 3. The summed E-state index contributed by atoms with van der Waals surface area (Å²) in [4.78, 5) is 55.4. The summed E-state index contributed by atoms with van der Waals surface area (Å²) in [6.07, 6.45) is 1.03. The number of benzene rings is 2. The van der Waals surface area contributed by atoms with Gasteiger partial charge in [0, 0.05) is 29.3 Å². The number of aliphatic carboxylic acids is 1. The minimum atomic E-state index is -1.36. The molecule has 34 heavy (non-hydrogen) atoms. The predicted molar refractivity (Wildman–Crippen MR) is 124 cm³/mol. The maximum absolute atomic E-state index is 12.9. The molecule has 176 valence electrons. The van der Waals surface area contributed by atoms with E-state index < -0.39 is 29.5 Å². The molecule has 0 radical (unpaired) electrons. The number of rotatable bonds is 8. The molecule has 1 unspecified atom stereocenters. The van der Waals surface area contributed by atoms with E-state index in [9.17, 15) is 24.3 Å². The molecule has 3 rings (SSSR count). The zero-order valence-corrected chi connectivity index (χ0v) is 18.8. The second-order valence-electron chi connectivity index (χ2n) is 7.60. The van der Waals surface area contributed by atoms with Crippen molar-refractivity contribution in [1.29, 1.82) is 0 Å². The molecule has 0 fully saturated rings. The van der Waals surface area contributed by atoms with E-state index in [4.69, 9.17) is 4.74 Å². The summed E-state index contributed by atoms with van der Waals surface area (Å²) in [5, 5.41) is 14.7. The summed E-state index contributed by atoms with van der Waals surface area (Å²) < 4.78 is 5.09. The van der Waals surface area contributed by atoms with Crippen LogP contribution in [0.3, 0.4) is 0 Å². The van der Waals surface area contributed by atoms with Crippen LogP contribution in [0.5, 0.6) is 5.75 Å². The second-order valence-corrected chi connectivity index (χ2v) is 7.60. The number of hydrogen-bond acceptors (Lipinski definition) is 6.